The summed E-state index contributed by atoms with van der Waals surface area (Å²) in [5.74, 6) is 0.928. The van der Waals surface area contributed by atoms with E-state index in [4.69, 9.17) is 4.99 Å². The van der Waals surface area contributed by atoms with Crippen LogP contribution in [0.25, 0.3) is 0 Å². The third-order valence-electron chi connectivity index (χ3n) is 6.18. The second-order valence-corrected chi connectivity index (χ2v) is 7.99. The Labute approximate surface area is 159 Å². The predicted octanol–water partition coefficient (Wildman–Crippen LogP) is 5.67. The summed E-state index contributed by atoms with van der Waals surface area (Å²) in [6.07, 6.45) is 18.9. The van der Waals surface area contributed by atoms with Crippen LogP contribution < -0.4 is 5.32 Å². The molecule has 0 atom stereocenters. The van der Waals surface area contributed by atoms with Crippen LogP contribution in [0.5, 0.6) is 0 Å². The lowest BCUT2D eigenvalue weighted by molar-refractivity contribution is 0.340. The van der Waals surface area contributed by atoms with Crippen molar-refractivity contribution in [1.29, 1.82) is 0 Å². The summed E-state index contributed by atoms with van der Waals surface area (Å²) in [7, 11) is 0. The summed E-state index contributed by atoms with van der Waals surface area (Å²) in [6.45, 7) is 5.41. The first-order valence-corrected chi connectivity index (χ1v) is 10.7. The van der Waals surface area contributed by atoms with Crippen LogP contribution >= 0.6 is 0 Å². The summed E-state index contributed by atoms with van der Waals surface area (Å²) in [4.78, 5) is 9.20. The van der Waals surface area contributed by atoms with E-state index in [0.29, 0.717) is 5.54 Å². The van der Waals surface area contributed by atoms with Crippen LogP contribution in [0.2, 0.25) is 0 Å². The molecule has 2 aliphatic carbocycles. The van der Waals surface area contributed by atoms with Gasteiger partial charge in [-0.05, 0) is 69.1 Å². The number of nitrogens with one attached hydrogen (secondary N) is 1. The van der Waals surface area contributed by atoms with Crippen molar-refractivity contribution < 1.29 is 0 Å². The molecule has 26 heavy (non-hydrogen) atoms. The minimum Gasteiger partial charge on any atom is -0.311 e. The van der Waals surface area contributed by atoms with Crippen molar-refractivity contribution in [2.24, 2.45) is 10.9 Å². The van der Waals surface area contributed by atoms with Crippen LogP contribution in [0, 0.1) is 5.92 Å². The van der Waals surface area contributed by atoms with Gasteiger partial charge in [0.2, 0.25) is 0 Å². The zero-order valence-electron chi connectivity index (χ0n) is 16.6. The summed E-state index contributed by atoms with van der Waals surface area (Å²) in [6, 6.07) is 4.17. The molecule has 2 fully saturated rings. The van der Waals surface area contributed by atoms with Crippen molar-refractivity contribution in [3.63, 3.8) is 0 Å². The molecular formula is C23H35N3. The first-order valence-electron chi connectivity index (χ1n) is 10.7. The highest BCUT2D eigenvalue weighted by atomic mass is 15.0. The fourth-order valence-corrected chi connectivity index (χ4v) is 4.37. The van der Waals surface area contributed by atoms with E-state index in [-0.39, 0.29) is 0 Å². The Morgan fingerprint density at radius 2 is 1.96 bits per heavy atom. The minimum absolute atomic E-state index is 0.481. The van der Waals surface area contributed by atoms with Crippen molar-refractivity contribution >= 4 is 5.71 Å². The van der Waals surface area contributed by atoms with Gasteiger partial charge in [0.1, 0.15) is 0 Å². The molecule has 1 heterocycles. The van der Waals surface area contributed by atoms with Gasteiger partial charge in [0.25, 0.3) is 0 Å². The van der Waals surface area contributed by atoms with Gasteiger partial charge in [-0.2, -0.15) is 0 Å². The normalized spacial score (nSPS) is 20.5. The van der Waals surface area contributed by atoms with Crippen LogP contribution in [0.15, 0.2) is 41.3 Å². The van der Waals surface area contributed by atoms with Crippen molar-refractivity contribution in [2.45, 2.75) is 83.6 Å². The highest BCUT2D eigenvalue weighted by molar-refractivity contribution is 6.01. The number of rotatable bonds is 10. The van der Waals surface area contributed by atoms with Crippen LogP contribution in [0.4, 0.5) is 0 Å². The lowest BCUT2D eigenvalue weighted by Gasteiger charge is -2.24. The van der Waals surface area contributed by atoms with E-state index in [2.05, 4.69) is 42.4 Å². The van der Waals surface area contributed by atoms with E-state index < -0.39 is 0 Å². The third-order valence-corrected chi connectivity index (χ3v) is 6.18. The van der Waals surface area contributed by atoms with Gasteiger partial charge in [0.15, 0.2) is 0 Å². The molecule has 0 saturated heterocycles. The van der Waals surface area contributed by atoms with Gasteiger partial charge in [-0.25, -0.2) is 0 Å². The van der Waals surface area contributed by atoms with Gasteiger partial charge >= 0.3 is 0 Å². The van der Waals surface area contributed by atoms with E-state index in [1.165, 1.54) is 68.3 Å². The Morgan fingerprint density at radius 3 is 2.58 bits per heavy atom. The molecule has 3 heteroatoms. The molecule has 0 spiro atoms. The molecule has 0 radical (unpaired) electrons. The Kier molecular flexibility index (Phi) is 7.01. The van der Waals surface area contributed by atoms with E-state index >= 15 is 0 Å². The largest absolute Gasteiger partial charge is 0.311 e. The van der Waals surface area contributed by atoms with Gasteiger partial charge in [0, 0.05) is 42.3 Å². The number of allylic oxidation sites excluding steroid dienone is 1. The third kappa shape index (κ3) is 5.03. The number of hydrogen-bond acceptors (Lipinski definition) is 3. The number of aromatic nitrogens is 1. The summed E-state index contributed by atoms with van der Waals surface area (Å²) in [5, 5.41) is 3.91. The maximum atomic E-state index is 5.05. The fraction of sp³-hybridized carbons (Fsp3) is 0.652. The first kappa shape index (κ1) is 19.3. The van der Waals surface area contributed by atoms with Gasteiger partial charge < -0.3 is 5.32 Å². The van der Waals surface area contributed by atoms with Crippen LogP contribution in [0.3, 0.4) is 0 Å². The summed E-state index contributed by atoms with van der Waals surface area (Å²) < 4.78 is 0. The van der Waals surface area contributed by atoms with Crippen molar-refractivity contribution in [1.82, 2.24) is 10.3 Å². The Morgan fingerprint density at radius 1 is 1.23 bits per heavy atom. The topological polar surface area (TPSA) is 37.3 Å². The average molecular weight is 354 g/mol. The lowest BCUT2D eigenvalue weighted by atomic mass is 9.95. The molecule has 3 rings (SSSR count). The molecule has 0 bridgehead atoms. The molecule has 0 unspecified atom stereocenters. The molecule has 0 aromatic carbocycles. The van der Waals surface area contributed by atoms with E-state index in [1.807, 2.05) is 12.4 Å². The van der Waals surface area contributed by atoms with Gasteiger partial charge in [0.05, 0.1) is 0 Å². The second kappa shape index (κ2) is 9.45. The average Bonchev–Trinajstić information content (AvgIpc) is 3.25. The van der Waals surface area contributed by atoms with Gasteiger partial charge in [-0.15, -0.1) is 0 Å². The molecule has 2 aliphatic rings. The standard InChI is InChI=1S/C23H35N3/c1-3-5-10-22(19-11-16-24-17-12-19)26-21(4-2)13-18-25-23(14-15-23)20-8-6-7-9-20/h4,11-12,16-17,20,25H,3,5-10,13-15,18H2,1-2H3/b21-4-,26-22?. The summed E-state index contributed by atoms with van der Waals surface area (Å²) in [5.41, 5.74) is 4.11. The van der Waals surface area contributed by atoms with E-state index in [9.17, 15) is 0 Å². The van der Waals surface area contributed by atoms with E-state index in [1.54, 1.807) is 0 Å². The molecule has 3 nitrogen and oxygen atoms in total. The molecule has 0 amide bonds. The zero-order valence-corrected chi connectivity index (χ0v) is 16.6. The molecule has 1 aromatic heterocycles. The van der Waals surface area contributed by atoms with Crippen LogP contribution in [-0.4, -0.2) is 22.8 Å². The maximum absolute atomic E-state index is 5.05. The van der Waals surface area contributed by atoms with Crippen LogP contribution in [-0.2, 0) is 0 Å². The number of unbranched alkanes of at least 4 members (excludes halogenated alkanes) is 1. The Balaban J connectivity index is 1.58. The highest BCUT2D eigenvalue weighted by Crippen LogP contribution is 2.49. The predicted molar refractivity (Wildman–Crippen MR) is 111 cm³/mol. The molecule has 142 valence electrons. The molecule has 1 N–H and O–H groups in total. The number of aliphatic imine (C=N–C) groups is 1. The second-order valence-electron chi connectivity index (χ2n) is 7.99. The molecule has 0 aliphatic heterocycles. The van der Waals surface area contributed by atoms with Crippen LogP contribution in [0.1, 0.15) is 83.6 Å². The Hall–Kier alpha value is -1.48. The molecule has 2 saturated carbocycles. The molecule has 1 aromatic rings. The molecular weight excluding hydrogens is 318 g/mol. The number of nitrogens with zero attached hydrogens (tertiary/aromatic N) is 2. The first-order chi connectivity index (χ1) is 12.8. The fourth-order valence-electron chi connectivity index (χ4n) is 4.37. The lowest BCUT2D eigenvalue weighted by Crippen LogP contribution is -2.38. The number of pyridine rings is 1. The van der Waals surface area contributed by atoms with Crippen molar-refractivity contribution in [2.75, 3.05) is 6.54 Å². The van der Waals surface area contributed by atoms with Crippen molar-refractivity contribution in [3.05, 3.63) is 41.9 Å². The van der Waals surface area contributed by atoms with E-state index in [0.717, 1.165) is 25.3 Å². The SMILES string of the molecule is C/C=C(/CCNC1(C2CCCC2)CC1)N=C(CCCC)c1ccncc1. The minimum atomic E-state index is 0.481. The smallest absolute Gasteiger partial charge is 0.0480 e. The zero-order chi connectivity index (χ0) is 18.2. The van der Waals surface area contributed by atoms with Gasteiger partial charge in [-0.3, -0.25) is 9.98 Å². The monoisotopic (exact) mass is 353 g/mol. The summed E-state index contributed by atoms with van der Waals surface area (Å²) >= 11 is 0. The van der Waals surface area contributed by atoms with Crippen molar-refractivity contribution in [3.8, 4) is 0 Å². The van der Waals surface area contributed by atoms with Gasteiger partial charge in [-0.1, -0.05) is 32.3 Å². The highest BCUT2D eigenvalue weighted by Gasteiger charge is 2.48. The number of hydrogen-bond donors (Lipinski definition) is 1. The Bertz CT molecular complexity index is 608. The maximum Gasteiger partial charge on any atom is 0.0480 e. The quantitative estimate of drug-likeness (QED) is 0.550.